The zero-order chi connectivity index (χ0) is 13.7. The predicted molar refractivity (Wildman–Crippen MR) is 73.2 cm³/mol. The van der Waals surface area contributed by atoms with Gasteiger partial charge >= 0.3 is 0 Å². The normalized spacial score (nSPS) is 10.7. The van der Waals surface area contributed by atoms with Crippen molar-refractivity contribution >= 4 is 17.5 Å². The minimum absolute atomic E-state index is 0.0769. The number of halogens is 1. The summed E-state index contributed by atoms with van der Waals surface area (Å²) in [4.78, 5) is 15.7. The molecule has 0 aromatic heterocycles. The molecule has 0 saturated heterocycles. The highest BCUT2D eigenvalue weighted by molar-refractivity contribution is 6.30. The lowest BCUT2D eigenvalue weighted by Crippen LogP contribution is -2.29. The van der Waals surface area contributed by atoms with E-state index < -0.39 is 0 Å². The number of carbonyl (C=O) groups excluding carboxylic acids is 1. The molecule has 0 fully saturated rings. The lowest BCUT2D eigenvalue weighted by Gasteiger charge is -2.19. The smallest absolute Gasteiger partial charge is 0.257 e. The molecular formula is C13H19ClN2O2. The summed E-state index contributed by atoms with van der Waals surface area (Å²) < 4.78 is 0. The van der Waals surface area contributed by atoms with Crippen LogP contribution in [0.2, 0.25) is 5.02 Å². The van der Waals surface area contributed by atoms with Crippen molar-refractivity contribution in [1.82, 2.24) is 9.80 Å². The number of benzene rings is 1. The molecule has 0 unspecified atom stereocenters. The van der Waals surface area contributed by atoms with E-state index >= 15 is 0 Å². The molecule has 0 saturated carbocycles. The van der Waals surface area contributed by atoms with Crippen molar-refractivity contribution in [3.05, 3.63) is 28.8 Å². The number of nitrogens with zero attached hydrogens (tertiary/aromatic N) is 2. The topological polar surface area (TPSA) is 43.8 Å². The highest BCUT2D eigenvalue weighted by Crippen LogP contribution is 2.22. The Labute approximate surface area is 113 Å². The number of amides is 1. The van der Waals surface area contributed by atoms with E-state index in [1.54, 1.807) is 24.1 Å². The summed E-state index contributed by atoms with van der Waals surface area (Å²) in [6.45, 7) is 1.57. The van der Waals surface area contributed by atoms with Crippen molar-refractivity contribution in [3.63, 3.8) is 0 Å². The van der Waals surface area contributed by atoms with Crippen LogP contribution < -0.4 is 0 Å². The maximum atomic E-state index is 12.1. The second kappa shape index (κ2) is 6.61. The molecule has 0 heterocycles. The van der Waals surface area contributed by atoms with Crippen LogP contribution in [-0.4, -0.2) is 55.0 Å². The summed E-state index contributed by atoms with van der Waals surface area (Å²) in [6, 6.07) is 4.52. The monoisotopic (exact) mass is 270 g/mol. The molecule has 1 aromatic carbocycles. The van der Waals surface area contributed by atoms with Crippen LogP contribution in [0.1, 0.15) is 16.8 Å². The Morgan fingerprint density at radius 3 is 2.50 bits per heavy atom. The Kier molecular flexibility index (Phi) is 5.44. The number of phenols is 1. The van der Waals surface area contributed by atoms with Crippen molar-refractivity contribution in [2.75, 3.05) is 34.2 Å². The third kappa shape index (κ3) is 4.20. The van der Waals surface area contributed by atoms with Gasteiger partial charge in [0.05, 0.1) is 5.56 Å². The van der Waals surface area contributed by atoms with Crippen LogP contribution in [-0.2, 0) is 0 Å². The molecule has 100 valence electrons. The molecule has 1 rings (SSSR count). The average molecular weight is 271 g/mol. The first-order chi connectivity index (χ1) is 8.41. The standard InChI is InChI=1S/C13H19ClN2O2/c1-15(2)7-4-8-16(3)13(18)11-6-5-10(14)9-12(11)17/h5-6,9,17H,4,7-8H2,1-3H3. The summed E-state index contributed by atoms with van der Waals surface area (Å²) in [6.07, 6.45) is 0.892. The molecule has 1 N–H and O–H groups in total. The predicted octanol–water partition coefficient (Wildman–Crippen LogP) is 2.07. The lowest BCUT2D eigenvalue weighted by molar-refractivity contribution is 0.0787. The van der Waals surface area contributed by atoms with Gasteiger partial charge in [-0.2, -0.15) is 0 Å². The maximum absolute atomic E-state index is 12.1. The minimum atomic E-state index is -0.192. The fourth-order valence-electron chi connectivity index (χ4n) is 1.62. The van der Waals surface area contributed by atoms with E-state index in [1.807, 2.05) is 14.1 Å². The third-order valence-corrected chi connectivity index (χ3v) is 2.87. The van der Waals surface area contributed by atoms with Gasteiger partial charge in [-0.1, -0.05) is 11.6 Å². The van der Waals surface area contributed by atoms with Gasteiger partial charge in [0.25, 0.3) is 5.91 Å². The third-order valence-electron chi connectivity index (χ3n) is 2.64. The van der Waals surface area contributed by atoms with Gasteiger partial charge in [0.1, 0.15) is 5.75 Å². The summed E-state index contributed by atoms with van der Waals surface area (Å²) in [5, 5.41) is 10.1. The zero-order valence-electron chi connectivity index (χ0n) is 11.0. The minimum Gasteiger partial charge on any atom is -0.507 e. The van der Waals surface area contributed by atoms with Gasteiger partial charge < -0.3 is 14.9 Å². The number of phenolic OH excluding ortho intramolecular Hbond substituents is 1. The van der Waals surface area contributed by atoms with Gasteiger partial charge in [-0.25, -0.2) is 0 Å². The van der Waals surface area contributed by atoms with Gasteiger partial charge in [-0.15, -0.1) is 0 Å². The molecule has 0 spiro atoms. The van der Waals surface area contributed by atoms with Crippen molar-refractivity contribution in [1.29, 1.82) is 0 Å². The molecule has 1 aromatic rings. The van der Waals surface area contributed by atoms with Gasteiger partial charge in [0, 0.05) is 18.6 Å². The van der Waals surface area contributed by atoms with Crippen LogP contribution in [0.25, 0.3) is 0 Å². The number of carbonyl (C=O) groups is 1. The number of rotatable bonds is 5. The van der Waals surface area contributed by atoms with Crippen molar-refractivity contribution in [2.45, 2.75) is 6.42 Å². The Balaban J connectivity index is 2.63. The highest BCUT2D eigenvalue weighted by Gasteiger charge is 2.15. The Morgan fingerprint density at radius 2 is 1.94 bits per heavy atom. The van der Waals surface area contributed by atoms with Crippen LogP contribution in [0.4, 0.5) is 0 Å². The Hall–Kier alpha value is -1.26. The molecule has 0 aliphatic heterocycles. The summed E-state index contributed by atoms with van der Waals surface area (Å²) >= 11 is 5.73. The lowest BCUT2D eigenvalue weighted by atomic mass is 10.1. The number of hydrogen-bond donors (Lipinski definition) is 1. The number of hydrogen-bond acceptors (Lipinski definition) is 3. The highest BCUT2D eigenvalue weighted by atomic mass is 35.5. The molecule has 0 aliphatic rings. The molecule has 1 amide bonds. The van der Waals surface area contributed by atoms with Gasteiger partial charge in [-0.3, -0.25) is 4.79 Å². The zero-order valence-corrected chi connectivity index (χ0v) is 11.7. The van der Waals surface area contributed by atoms with Crippen LogP contribution >= 0.6 is 11.6 Å². The molecule has 5 heteroatoms. The van der Waals surface area contributed by atoms with Gasteiger partial charge in [-0.05, 0) is 45.3 Å². The molecule has 0 aliphatic carbocycles. The quantitative estimate of drug-likeness (QED) is 0.891. The summed E-state index contributed by atoms with van der Waals surface area (Å²) in [5.41, 5.74) is 0.284. The van der Waals surface area contributed by atoms with Crippen LogP contribution in [0.5, 0.6) is 5.75 Å². The molecule has 0 atom stereocenters. The van der Waals surface area contributed by atoms with E-state index in [4.69, 9.17) is 11.6 Å². The van der Waals surface area contributed by atoms with E-state index in [0.717, 1.165) is 13.0 Å². The molecule has 0 radical (unpaired) electrons. The van der Waals surface area contributed by atoms with Crippen molar-refractivity contribution in [3.8, 4) is 5.75 Å². The summed E-state index contributed by atoms with van der Waals surface area (Å²) in [7, 11) is 5.71. The first kappa shape index (κ1) is 14.8. The first-order valence-corrected chi connectivity index (χ1v) is 6.18. The van der Waals surface area contributed by atoms with Crippen molar-refractivity contribution < 1.29 is 9.90 Å². The molecule has 4 nitrogen and oxygen atoms in total. The maximum Gasteiger partial charge on any atom is 0.257 e. The second-order valence-electron chi connectivity index (χ2n) is 4.55. The van der Waals surface area contributed by atoms with Crippen molar-refractivity contribution in [2.24, 2.45) is 0 Å². The van der Waals surface area contributed by atoms with Gasteiger partial charge in [0.2, 0.25) is 0 Å². The Morgan fingerprint density at radius 1 is 1.28 bits per heavy atom. The van der Waals surface area contributed by atoms with E-state index in [9.17, 15) is 9.90 Å². The average Bonchev–Trinajstić information content (AvgIpc) is 2.27. The van der Waals surface area contributed by atoms with Crippen LogP contribution in [0.3, 0.4) is 0 Å². The largest absolute Gasteiger partial charge is 0.507 e. The van der Waals surface area contributed by atoms with E-state index in [0.29, 0.717) is 11.6 Å². The van der Waals surface area contributed by atoms with E-state index in [1.165, 1.54) is 6.07 Å². The van der Waals surface area contributed by atoms with E-state index in [-0.39, 0.29) is 17.2 Å². The summed E-state index contributed by atoms with van der Waals surface area (Å²) in [5.74, 6) is -0.269. The molecule has 18 heavy (non-hydrogen) atoms. The van der Waals surface area contributed by atoms with E-state index in [2.05, 4.69) is 4.90 Å². The fourth-order valence-corrected chi connectivity index (χ4v) is 1.78. The SMILES string of the molecule is CN(C)CCCN(C)C(=O)c1ccc(Cl)cc1O. The molecule has 0 bridgehead atoms. The number of aromatic hydroxyl groups is 1. The van der Waals surface area contributed by atoms with Crippen LogP contribution in [0.15, 0.2) is 18.2 Å². The molecular weight excluding hydrogens is 252 g/mol. The Bertz CT molecular complexity index is 421. The van der Waals surface area contributed by atoms with Gasteiger partial charge in [0.15, 0.2) is 0 Å². The second-order valence-corrected chi connectivity index (χ2v) is 4.98. The first-order valence-electron chi connectivity index (χ1n) is 5.80. The fraction of sp³-hybridized carbons (Fsp3) is 0.462. The van der Waals surface area contributed by atoms with Crippen LogP contribution in [0, 0.1) is 0 Å².